The molecule has 0 spiro atoms. The molecule has 0 aliphatic heterocycles. The molecular weight excluding hydrogens is 378 g/mol. The number of carbonyl (C=O) groups is 1. The standard InChI is InChI=1S/C20H21N3O4S/c1-12-4-6-16(7-5-12)28(26,27)23-20(25)21-11-15-10-17-14(3)8-13(2)9-18(17)22-19(15)24/h4-10H,11H2,1-3H3,(H,22,24)(H2,21,23,25). The van der Waals surface area contributed by atoms with Crippen molar-refractivity contribution >= 4 is 27.0 Å². The fourth-order valence-corrected chi connectivity index (χ4v) is 3.89. The Morgan fingerprint density at radius 3 is 2.36 bits per heavy atom. The number of rotatable bonds is 4. The zero-order chi connectivity index (χ0) is 20.5. The molecule has 0 bridgehead atoms. The third kappa shape index (κ3) is 4.23. The van der Waals surface area contributed by atoms with Crippen molar-refractivity contribution in [3.05, 3.63) is 75.1 Å². The molecule has 0 unspecified atom stereocenters. The van der Waals surface area contributed by atoms with Gasteiger partial charge in [-0.3, -0.25) is 4.79 Å². The van der Waals surface area contributed by atoms with Crippen LogP contribution in [0, 0.1) is 20.8 Å². The van der Waals surface area contributed by atoms with Crippen LogP contribution in [0.5, 0.6) is 0 Å². The minimum Gasteiger partial charge on any atom is -0.333 e. The molecule has 146 valence electrons. The number of nitrogens with one attached hydrogen (secondary N) is 3. The number of aromatic amines is 1. The first-order valence-corrected chi connectivity index (χ1v) is 10.1. The van der Waals surface area contributed by atoms with Gasteiger partial charge in [-0.15, -0.1) is 0 Å². The van der Waals surface area contributed by atoms with Crippen LogP contribution in [0.25, 0.3) is 10.9 Å². The summed E-state index contributed by atoms with van der Waals surface area (Å²) in [7, 11) is -3.98. The van der Waals surface area contributed by atoms with Crippen molar-refractivity contribution < 1.29 is 13.2 Å². The first kappa shape index (κ1) is 19.6. The van der Waals surface area contributed by atoms with E-state index in [1.165, 1.54) is 12.1 Å². The predicted octanol–water partition coefficient (Wildman–Crippen LogP) is 2.64. The summed E-state index contributed by atoms with van der Waals surface area (Å²) in [6, 6.07) is 10.8. The maximum absolute atomic E-state index is 12.3. The molecular formula is C20H21N3O4S. The third-order valence-electron chi connectivity index (χ3n) is 4.39. The summed E-state index contributed by atoms with van der Waals surface area (Å²) >= 11 is 0. The Hall–Kier alpha value is -3.13. The van der Waals surface area contributed by atoms with Gasteiger partial charge in [0, 0.05) is 16.5 Å². The number of aryl methyl sites for hydroxylation is 3. The number of carbonyl (C=O) groups excluding carboxylic acids is 1. The lowest BCUT2D eigenvalue weighted by Gasteiger charge is -2.10. The Balaban J connectivity index is 1.75. The van der Waals surface area contributed by atoms with Crippen LogP contribution in [0.15, 0.2) is 52.2 Å². The average Bonchev–Trinajstić information content (AvgIpc) is 2.60. The van der Waals surface area contributed by atoms with Crippen molar-refractivity contribution in [2.75, 3.05) is 0 Å². The van der Waals surface area contributed by atoms with E-state index in [1.807, 2.05) is 37.6 Å². The van der Waals surface area contributed by atoms with Gasteiger partial charge in [0.1, 0.15) is 0 Å². The summed E-state index contributed by atoms with van der Waals surface area (Å²) in [4.78, 5) is 27.1. The summed E-state index contributed by atoms with van der Waals surface area (Å²) in [6.07, 6.45) is 0. The molecule has 0 saturated heterocycles. The van der Waals surface area contributed by atoms with Gasteiger partial charge in [0.15, 0.2) is 0 Å². The van der Waals surface area contributed by atoms with E-state index < -0.39 is 16.1 Å². The van der Waals surface area contributed by atoms with E-state index in [0.717, 1.165) is 27.6 Å². The molecule has 1 aromatic heterocycles. The molecule has 3 rings (SSSR count). The van der Waals surface area contributed by atoms with Crippen LogP contribution in [-0.2, 0) is 16.6 Å². The van der Waals surface area contributed by atoms with Crippen LogP contribution >= 0.6 is 0 Å². The molecule has 2 amide bonds. The smallest absolute Gasteiger partial charge is 0.328 e. The molecule has 3 aromatic rings. The highest BCUT2D eigenvalue weighted by Crippen LogP contribution is 2.18. The van der Waals surface area contributed by atoms with E-state index in [0.29, 0.717) is 5.56 Å². The second kappa shape index (κ2) is 7.47. The van der Waals surface area contributed by atoms with Gasteiger partial charge in [0.2, 0.25) is 0 Å². The van der Waals surface area contributed by atoms with E-state index in [2.05, 4.69) is 10.3 Å². The van der Waals surface area contributed by atoms with Crippen molar-refractivity contribution in [1.29, 1.82) is 0 Å². The van der Waals surface area contributed by atoms with Gasteiger partial charge in [0.25, 0.3) is 15.6 Å². The zero-order valence-corrected chi connectivity index (χ0v) is 16.6. The fourth-order valence-electron chi connectivity index (χ4n) is 2.96. The molecule has 0 fully saturated rings. The average molecular weight is 399 g/mol. The van der Waals surface area contributed by atoms with Crippen molar-refractivity contribution in [2.24, 2.45) is 0 Å². The number of urea groups is 1. The van der Waals surface area contributed by atoms with Gasteiger partial charge in [-0.05, 0) is 56.2 Å². The number of aromatic nitrogens is 1. The second-order valence-electron chi connectivity index (χ2n) is 6.77. The zero-order valence-electron chi connectivity index (χ0n) is 15.8. The SMILES string of the molecule is Cc1ccc(S(=O)(=O)NC(=O)NCc2cc3c(C)cc(C)cc3[nH]c2=O)cc1. The Kier molecular flexibility index (Phi) is 5.24. The van der Waals surface area contributed by atoms with Crippen LogP contribution in [0.2, 0.25) is 0 Å². The van der Waals surface area contributed by atoms with Gasteiger partial charge >= 0.3 is 6.03 Å². The Morgan fingerprint density at radius 2 is 1.68 bits per heavy atom. The Morgan fingerprint density at radius 1 is 1.00 bits per heavy atom. The van der Waals surface area contributed by atoms with Crippen LogP contribution < -0.4 is 15.6 Å². The first-order valence-electron chi connectivity index (χ1n) is 8.66. The highest BCUT2D eigenvalue weighted by molar-refractivity contribution is 7.90. The van der Waals surface area contributed by atoms with Crippen LogP contribution in [-0.4, -0.2) is 19.4 Å². The maximum Gasteiger partial charge on any atom is 0.328 e. The van der Waals surface area contributed by atoms with Crippen molar-refractivity contribution in [2.45, 2.75) is 32.2 Å². The number of sulfonamides is 1. The van der Waals surface area contributed by atoms with Crippen molar-refractivity contribution in [3.63, 3.8) is 0 Å². The first-order chi connectivity index (χ1) is 13.2. The molecule has 0 aliphatic rings. The monoisotopic (exact) mass is 399 g/mol. The lowest BCUT2D eigenvalue weighted by Crippen LogP contribution is -2.39. The van der Waals surface area contributed by atoms with Crippen LogP contribution in [0.1, 0.15) is 22.3 Å². The Labute approximate surface area is 162 Å². The van der Waals surface area contributed by atoms with Crippen LogP contribution in [0.4, 0.5) is 4.79 Å². The van der Waals surface area contributed by atoms with E-state index in [9.17, 15) is 18.0 Å². The summed E-state index contributed by atoms with van der Waals surface area (Å²) < 4.78 is 26.4. The molecule has 0 radical (unpaired) electrons. The minimum atomic E-state index is -3.98. The molecule has 3 N–H and O–H groups in total. The highest BCUT2D eigenvalue weighted by atomic mass is 32.2. The van der Waals surface area contributed by atoms with Crippen molar-refractivity contribution in [3.8, 4) is 0 Å². The quantitative estimate of drug-likeness (QED) is 0.627. The second-order valence-corrected chi connectivity index (χ2v) is 8.45. The number of amides is 2. The van der Waals surface area contributed by atoms with Gasteiger partial charge in [-0.1, -0.05) is 23.8 Å². The molecule has 7 nitrogen and oxygen atoms in total. The Bertz CT molecular complexity index is 1210. The lowest BCUT2D eigenvalue weighted by atomic mass is 10.0. The summed E-state index contributed by atoms with van der Waals surface area (Å²) in [5, 5.41) is 3.29. The number of benzene rings is 2. The third-order valence-corrected chi connectivity index (χ3v) is 5.73. The number of pyridine rings is 1. The predicted molar refractivity (Wildman–Crippen MR) is 108 cm³/mol. The molecule has 8 heteroatoms. The largest absolute Gasteiger partial charge is 0.333 e. The normalized spacial score (nSPS) is 11.4. The molecule has 1 heterocycles. The van der Waals surface area contributed by atoms with Gasteiger partial charge < -0.3 is 10.3 Å². The number of fused-ring (bicyclic) bond motifs is 1. The topological polar surface area (TPSA) is 108 Å². The number of hydrogen-bond donors (Lipinski definition) is 3. The molecule has 0 aliphatic carbocycles. The fraction of sp³-hybridized carbons (Fsp3) is 0.200. The number of hydrogen-bond acceptors (Lipinski definition) is 4. The number of H-pyrrole nitrogens is 1. The van der Waals surface area contributed by atoms with Gasteiger partial charge in [-0.2, -0.15) is 0 Å². The minimum absolute atomic E-state index is 0.0113. The van der Waals surface area contributed by atoms with E-state index in [4.69, 9.17) is 0 Å². The van der Waals surface area contributed by atoms with Gasteiger partial charge in [-0.25, -0.2) is 17.9 Å². The summed E-state index contributed by atoms with van der Waals surface area (Å²) in [5.41, 5.74) is 3.66. The van der Waals surface area contributed by atoms with Crippen LogP contribution in [0.3, 0.4) is 0 Å². The summed E-state index contributed by atoms with van der Waals surface area (Å²) in [5.74, 6) is 0. The molecule has 0 saturated carbocycles. The molecule has 0 atom stereocenters. The van der Waals surface area contributed by atoms with E-state index >= 15 is 0 Å². The van der Waals surface area contributed by atoms with Crippen molar-refractivity contribution in [1.82, 2.24) is 15.0 Å². The van der Waals surface area contributed by atoms with Gasteiger partial charge in [0.05, 0.1) is 11.4 Å². The van der Waals surface area contributed by atoms with E-state index in [1.54, 1.807) is 18.2 Å². The lowest BCUT2D eigenvalue weighted by molar-refractivity contribution is 0.245. The summed E-state index contributed by atoms with van der Waals surface area (Å²) in [6.45, 7) is 5.61. The van der Waals surface area contributed by atoms with E-state index in [-0.39, 0.29) is 17.0 Å². The molecule has 2 aromatic carbocycles. The highest BCUT2D eigenvalue weighted by Gasteiger charge is 2.17. The molecule has 28 heavy (non-hydrogen) atoms. The maximum atomic E-state index is 12.3.